The van der Waals surface area contributed by atoms with Crippen molar-refractivity contribution in [2.75, 3.05) is 0 Å². The van der Waals surface area contributed by atoms with Crippen LogP contribution < -0.4 is 0 Å². The van der Waals surface area contributed by atoms with Crippen LogP contribution in [0.1, 0.15) is 32.6 Å². The summed E-state index contributed by atoms with van der Waals surface area (Å²) in [5.74, 6) is 0. The molecule has 0 fully saturated rings. The van der Waals surface area contributed by atoms with Crippen molar-refractivity contribution in [3.8, 4) is 0 Å². The maximum absolute atomic E-state index is 3.72. The Labute approximate surface area is 50.5 Å². The van der Waals surface area contributed by atoms with Crippen LogP contribution in [0.4, 0.5) is 0 Å². The fourth-order valence-corrected chi connectivity index (χ4v) is 0.427. The monoisotopic (exact) mass is 96.1 g/mol. The molecule has 0 atom stereocenters. The first-order valence-corrected chi connectivity index (χ1v) is 2.71. The van der Waals surface area contributed by atoms with Crippen LogP contribution in [0.15, 0.2) is 0 Å². The second-order valence-corrected chi connectivity index (χ2v) is 1.56. The summed E-state index contributed by atoms with van der Waals surface area (Å²) in [4.78, 5) is 0. The van der Waals surface area contributed by atoms with Gasteiger partial charge in [0.25, 0.3) is 0 Å². The first kappa shape index (κ1) is 10.2. The van der Waals surface area contributed by atoms with Crippen LogP contribution in [0.5, 0.6) is 0 Å². The van der Waals surface area contributed by atoms with Gasteiger partial charge in [-0.25, -0.2) is 0 Å². The standard InChI is InChI=1S/C6H13.Be.2H/c1-3-5-6-4-2;;;/h1,3-6H2,2H3;;;. The summed E-state index contributed by atoms with van der Waals surface area (Å²) in [6.07, 6.45) is 5.07. The minimum Gasteiger partial charge on any atom is -0.0654 e. The topological polar surface area (TPSA) is 0 Å². The Morgan fingerprint density at radius 1 is 1.29 bits per heavy atom. The van der Waals surface area contributed by atoms with E-state index in [9.17, 15) is 0 Å². The molecule has 41 valence electrons. The quantitative estimate of drug-likeness (QED) is 0.369. The average molecular weight is 96.2 g/mol. The van der Waals surface area contributed by atoms with Crippen molar-refractivity contribution in [2.24, 2.45) is 0 Å². The summed E-state index contributed by atoms with van der Waals surface area (Å²) >= 11 is 0. The minimum atomic E-state index is 0. The maximum atomic E-state index is 3.72. The molecule has 0 aromatic heterocycles. The van der Waals surface area contributed by atoms with Crippen LogP contribution in [-0.4, -0.2) is 10.1 Å². The molecule has 1 heteroatoms. The molecule has 0 spiro atoms. The predicted octanol–water partition coefficient (Wildman–Crippen LogP) is 1.48. The molecule has 0 amide bonds. The van der Waals surface area contributed by atoms with Crippen molar-refractivity contribution in [3.63, 3.8) is 0 Å². The molecule has 7 heavy (non-hydrogen) atoms. The summed E-state index contributed by atoms with van der Waals surface area (Å²) in [7, 11) is 0. The number of hydrogen-bond donors (Lipinski definition) is 0. The maximum Gasteiger partial charge on any atom is -0.0533 e. The zero-order valence-corrected chi connectivity index (χ0v) is 4.54. The summed E-state index contributed by atoms with van der Waals surface area (Å²) in [5, 5.41) is 0. The zero-order valence-electron chi connectivity index (χ0n) is 4.54. The second kappa shape index (κ2) is 9.48. The van der Waals surface area contributed by atoms with E-state index in [0.717, 1.165) is 6.42 Å². The molecule has 0 aliphatic rings. The third kappa shape index (κ3) is 10.7. The number of rotatable bonds is 3. The molecule has 0 bridgehead atoms. The Morgan fingerprint density at radius 2 is 1.86 bits per heavy atom. The molecule has 0 nitrogen and oxygen atoms in total. The molecule has 0 heterocycles. The summed E-state index contributed by atoms with van der Waals surface area (Å²) in [5.41, 5.74) is 0. The van der Waals surface area contributed by atoms with Gasteiger partial charge in [0, 0.05) is 0 Å². The van der Waals surface area contributed by atoms with Crippen molar-refractivity contribution in [1.29, 1.82) is 0 Å². The third-order valence-corrected chi connectivity index (χ3v) is 0.854. The smallest absolute Gasteiger partial charge is 0.0533 e. The van der Waals surface area contributed by atoms with Crippen LogP contribution in [0.3, 0.4) is 0 Å². The minimum absolute atomic E-state index is 0. The Balaban J connectivity index is 0. The molecule has 1 radical (unpaired) electrons. The van der Waals surface area contributed by atoms with Gasteiger partial charge in [-0.2, -0.15) is 0 Å². The van der Waals surface area contributed by atoms with E-state index in [0.29, 0.717) is 0 Å². The largest absolute Gasteiger partial charge is 0.0654 e. The van der Waals surface area contributed by atoms with Crippen LogP contribution in [0.2, 0.25) is 0 Å². The predicted molar refractivity (Wildman–Crippen MR) is 38.0 cm³/mol. The van der Waals surface area contributed by atoms with Crippen LogP contribution >= 0.6 is 0 Å². The molecular weight excluding hydrogens is 81.1 g/mol. The SMILES string of the molecule is [BeH2].[CH2]CCCCC. The van der Waals surface area contributed by atoms with Crippen LogP contribution in [0.25, 0.3) is 0 Å². The van der Waals surface area contributed by atoms with Gasteiger partial charge in [0.05, 0.1) is 0 Å². The van der Waals surface area contributed by atoms with Gasteiger partial charge in [-0.15, -0.1) is 0 Å². The Bertz CT molecular complexity index is 16.1. The Morgan fingerprint density at radius 3 is 2.00 bits per heavy atom. The van der Waals surface area contributed by atoms with E-state index >= 15 is 0 Å². The van der Waals surface area contributed by atoms with Crippen molar-refractivity contribution >= 4 is 10.1 Å². The van der Waals surface area contributed by atoms with Crippen molar-refractivity contribution in [2.45, 2.75) is 32.6 Å². The van der Waals surface area contributed by atoms with Crippen LogP contribution in [-0.2, 0) is 0 Å². The van der Waals surface area contributed by atoms with E-state index in [1.54, 1.807) is 0 Å². The molecule has 0 N–H and O–H groups in total. The first-order chi connectivity index (χ1) is 2.91. The van der Waals surface area contributed by atoms with Gasteiger partial charge >= 0.3 is 10.1 Å². The van der Waals surface area contributed by atoms with Crippen molar-refractivity contribution in [3.05, 3.63) is 6.92 Å². The Kier molecular flexibility index (Phi) is 13.8. The molecule has 0 rings (SSSR count). The first-order valence-electron chi connectivity index (χ1n) is 2.71. The van der Waals surface area contributed by atoms with Gasteiger partial charge < -0.3 is 0 Å². The number of unbranched alkanes of at least 4 members (excludes halogenated alkanes) is 3. The van der Waals surface area contributed by atoms with Crippen LogP contribution in [0, 0.1) is 6.92 Å². The van der Waals surface area contributed by atoms with E-state index in [-0.39, 0.29) is 10.1 Å². The second-order valence-electron chi connectivity index (χ2n) is 1.56. The van der Waals surface area contributed by atoms with E-state index in [1.165, 1.54) is 19.3 Å². The molecule has 0 saturated heterocycles. The third-order valence-electron chi connectivity index (χ3n) is 0.854. The van der Waals surface area contributed by atoms with Crippen molar-refractivity contribution < 1.29 is 0 Å². The van der Waals surface area contributed by atoms with E-state index in [1.807, 2.05) is 0 Å². The average Bonchev–Trinajstić information content (AvgIpc) is 1.61. The van der Waals surface area contributed by atoms with Gasteiger partial charge in [-0.1, -0.05) is 39.5 Å². The zero-order chi connectivity index (χ0) is 4.83. The summed E-state index contributed by atoms with van der Waals surface area (Å²) in [6.45, 7) is 5.93. The van der Waals surface area contributed by atoms with Gasteiger partial charge in [0.15, 0.2) is 0 Å². The molecule has 0 aromatic rings. The summed E-state index contributed by atoms with van der Waals surface area (Å²) in [6, 6.07) is 0. The molecule has 0 unspecified atom stereocenters. The van der Waals surface area contributed by atoms with E-state index in [4.69, 9.17) is 0 Å². The van der Waals surface area contributed by atoms with E-state index in [2.05, 4.69) is 13.8 Å². The molecule has 0 aliphatic heterocycles. The molecular formula is C6H15Be. The normalized spacial score (nSPS) is 7.71. The van der Waals surface area contributed by atoms with Gasteiger partial charge in [0.1, 0.15) is 0 Å². The Hall–Kier alpha value is 0.169. The summed E-state index contributed by atoms with van der Waals surface area (Å²) < 4.78 is 0. The van der Waals surface area contributed by atoms with Gasteiger partial charge in [-0.3, -0.25) is 0 Å². The van der Waals surface area contributed by atoms with Gasteiger partial charge in [0.2, 0.25) is 0 Å². The van der Waals surface area contributed by atoms with E-state index < -0.39 is 0 Å². The van der Waals surface area contributed by atoms with Gasteiger partial charge in [-0.05, 0) is 0 Å². The molecule has 0 aliphatic carbocycles. The van der Waals surface area contributed by atoms with Crippen molar-refractivity contribution in [1.82, 2.24) is 0 Å². The molecule has 0 saturated carbocycles. The fourth-order valence-electron chi connectivity index (χ4n) is 0.427. The molecule has 0 aromatic carbocycles. The number of hydrogen-bond acceptors (Lipinski definition) is 0. The fraction of sp³-hybridized carbons (Fsp3) is 0.833.